The van der Waals surface area contributed by atoms with Gasteiger partial charge in [-0.2, -0.15) is 0 Å². The average Bonchev–Trinajstić information content (AvgIpc) is 3.43. The number of amides is 2. The summed E-state index contributed by atoms with van der Waals surface area (Å²) >= 11 is 1.62. The van der Waals surface area contributed by atoms with Crippen LogP contribution >= 0.6 is 11.3 Å². The number of anilines is 2. The highest BCUT2D eigenvalue weighted by Crippen LogP contribution is 2.42. The molecule has 2 aliphatic rings. The molecule has 2 fully saturated rings. The van der Waals surface area contributed by atoms with Crippen molar-refractivity contribution < 1.29 is 14.3 Å². The third-order valence-corrected chi connectivity index (χ3v) is 8.02. The number of para-hydroxylation sites is 2. The van der Waals surface area contributed by atoms with Crippen molar-refractivity contribution in [3.8, 4) is 5.75 Å². The Morgan fingerprint density at radius 2 is 1.71 bits per heavy atom. The molecule has 182 valence electrons. The molecule has 5 rings (SSSR count). The monoisotopic (exact) mass is 489 g/mol. The fourth-order valence-electron chi connectivity index (χ4n) is 5.24. The second kappa shape index (κ2) is 10.1. The van der Waals surface area contributed by atoms with Gasteiger partial charge in [0, 0.05) is 43.2 Å². The Balaban J connectivity index is 1.38. The van der Waals surface area contributed by atoms with Gasteiger partial charge in [-0.1, -0.05) is 35.9 Å². The maximum atomic E-state index is 13.9. The predicted octanol–water partition coefficient (Wildman–Crippen LogP) is 4.90. The molecule has 0 radical (unpaired) electrons. The van der Waals surface area contributed by atoms with E-state index in [4.69, 9.17) is 4.74 Å². The molecule has 2 unspecified atom stereocenters. The van der Waals surface area contributed by atoms with Gasteiger partial charge in [0.1, 0.15) is 5.75 Å². The van der Waals surface area contributed by atoms with Crippen LogP contribution in [0.1, 0.15) is 29.3 Å². The largest absolute Gasteiger partial charge is 0.495 e. The number of methoxy groups -OCH3 is 1. The van der Waals surface area contributed by atoms with E-state index >= 15 is 0 Å². The standard InChI is InChI=1S/C28H31N3O3S/c1-20-9-11-21(12-10-20)31-26(32)14-13-22(27(31)25-8-5-19-35-25)28(33)30-17-15-29(16-18-30)23-6-3-4-7-24(23)34-2/h3-12,19,22,27H,13-18H2,1-2H3. The summed E-state index contributed by atoms with van der Waals surface area (Å²) in [6.45, 7) is 4.85. The second-order valence-corrected chi connectivity index (χ2v) is 10.2. The minimum Gasteiger partial charge on any atom is -0.495 e. The molecule has 0 spiro atoms. The quantitative estimate of drug-likeness (QED) is 0.512. The summed E-state index contributed by atoms with van der Waals surface area (Å²) in [5, 5.41) is 2.02. The van der Waals surface area contributed by atoms with Crippen LogP contribution in [0.4, 0.5) is 11.4 Å². The Kier molecular flexibility index (Phi) is 6.77. The summed E-state index contributed by atoms with van der Waals surface area (Å²) in [6, 6.07) is 19.8. The highest BCUT2D eigenvalue weighted by molar-refractivity contribution is 7.10. The van der Waals surface area contributed by atoms with Crippen molar-refractivity contribution in [3.63, 3.8) is 0 Å². The lowest BCUT2D eigenvalue weighted by Gasteiger charge is -2.43. The van der Waals surface area contributed by atoms with Gasteiger partial charge in [0.25, 0.3) is 0 Å². The van der Waals surface area contributed by atoms with E-state index in [0.717, 1.165) is 40.7 Å². The highest BCUT2D eigenvalue weighted by atomic mass is 32.1. The molecule has 2 aliphatic heterocycles. The predicted molar refractivity (Wildman–Crippen MR) is 140 cm³/mol. The van der Waals surface area contributed by atoms with E-state index in [-0.39, 0.29) is 23.8 Å². The molecule has 6 nitrogen and oxygen atoms in total. The van der Waals surface area contributed by atoms with Gasteiger partial charge in [-0.3, -0.25) is 9.59 Å². The van der Waals surface area contributed by atoms with Crippen molar-refractivity contribution in [2.24, 2.45) is 5.92 Å². The number of rotatable bonds is 5. The molecular weight excluding hydrogens is 458 g/mol. The van der Waals surface area contributed by atoms with E-state index < -0.39 is 0 Å². The van der Waals surface area contributed by atoms with Crippen molar-refractivity contribution >= 4 is 34.5 Å². The Bertz CT molecular complexity index is 1170. The van der Waals surface area contributed by atoms with Crippen LogP contribution in [0.2, 0.25) is 0 Å². The van der Waals surface area contributed by atoms with E-state index in [0.29, 0.717) is 25.9 Å². The van der Waals surface area contributed by atoms with E-state index in [1.54, 1.807) is 18.4 Å². The minimum absolute atomic E-state index is 0.0808. The average molecular weight is 490 g/mol. The highest BCUT2D eigenvalue weighted by Gasteiger charge is 2.43. The molecule has 1 aromatic heterocycles. The lowest BCUT2D eigenvalue weighted by molar-refractivity contribution is -0.138. The molecule has 0 N–H and O–H groups in total. The maximum absolute atomic E-state index is 13.9. The molecule has 2 atom stereocenters. The molecular formula is C28H31N3O3S. The Morgan fingerprint density at radius 1 is 0.971 bits per heavy atom. The van der Waals surface area contributed by atoms with Crippen LogP contribution in [0, 0.1) is 12.8 Å². The van der Waals surface area contributed by atoms with Crippen molar-refractivity contribution in [2.75, 3.05) is 43.1 Å². The van der Waals surface area contributed by atoms with Crippen molar-refractivity contribution in [1.82, 2.24) is 4.90 Å². The molecule has 3 aromatic rings. The zero-order chi connectivity index (χ0) is 24.4. The number of hydrogen-bond donors (Lipinski definition) is 0. The van der Waals surface area contributed by atoms with E-state index in [1.165, 1.54) is 0 Å². The lowest BCUT2D eigenvalue weighted by Crippen LogP contribution is -2.54. The van der Waals surface area contributed by atoms with Crippen LogP contribution in [0.3, 0.4) is 0 Å². The van der Waals surface area contributed by atoms with Crippen LogP contribution in [0.5, 0.6) is 5.75 Å². The number of hydrogen-bond acceptors (Lipinski definition) is 5. The van der Waals surface area contributed by atoms with E-state index in [1.807, 2.05) is 70.6 Å². The minimum atomic E-state index is -0.279. The van der Waals surface area contributed by atoms with Gasteiger partial charge in [-0.05, 0) is 49.1 Å². The first-order valence-corrected chi connectivity index (χ1v) is 13.0. The molecule has 3 heterocycles. The first kappa shape index (κ1) is 23.4. The number of benzene rings is 2. The summed E-state index contributed by atoms with van der Waals surface area (Å²) in [7, 11) is 1.69. The van der Waals surface area contributed by atoms with Crippen LogP contribution in [-0.4, -0.2) is 50.0 Å². The smallest absolute Gasteiger partial charge is 0.228 e. The summed E-state index contributed by atoms with van der Waals surface area (Å²) in [5.74, 6) is 0.819. The van der Waals surface area contributed by atoms with Crippen molar-refractivity contribution in [1.29, 1.82) is 0 Å². The number of carbonyl (C=O) groups is 2. The van der Waals surface area contributed by atoms with Gasteiger partial charge in [0.2, 0.25) is 11.8 Å². The molecule has 7 heteroatoms. The van der Waals surface area contributed by atoms with Crippen molar-refractivity contribution in [2.45, 2.75) is 25.8 Å². The molecule has 2 aromatic carbocycles. The lowest BCUT2D eigenvalue weighted by atomic mass is 9.85. The van der Waals surface area contributed by atoms with Gasteiger partial charge in [-0.15, -0.1) is 11.3 Å². The van der Waals surface area contributed by atoms with Crippen LogP contribution in [0.25, 0.3) is 0 Å². The van der Waals surface area contributed by atoms with E-state index in [9.17, 15) is 9.59 Å². The third-order valence-electron chi connectivity index (χ3n) is 7.08. The molecule has 2 amide bonds. The molecule has 35 heavy (non-hydrogen) atoms. The first-order chi connectivity index (χ1) is 17.1. The van der Waals surface area contributed by atoms with E-state index in [2.05, 4.69) is 17.0 Å². The second-order valence-electron chi connectivity index (χ2n) is 9.19. The summed E-state index contributed by atoms with van der Waals surface area (Å²) in [5.41, 5.74) is 3.07. The number of nitrogens with zero attached hydrogens (tertiary/aromatic N) is 3. The molecule has 0 bridgehead atoms. The fraction of sp³-hybridized carbons (Fsp3) is 0.357. The van der Waals surface area contributed by atoms with Gasteiger partial charge in [0.15, 0.2) is 0 Å². The van der Waals surface area contributed by atoms with Crippen LogP contribution < -0.4 is 14.5 Å². The van der Waals surface area contributed by atoms with Gasteiger partial charge in [-0.25, -0.2) is 0 Å². The zero-order valence-electron chi connectivity index (χ0n) is 20.2. The van der Waals surface area contributed by atoms with Crippen LogP contribution in [0.15, 0.2) is 66.0 Å². The number of piperidine rings is 1. The van der Waals surface area contributed by atoms with Gasteiger partial charge >= 0.3 is 0 Å². The maximum Gasteiger partial charge on any atom is 0.228 e. The van der Waals surface area contributed by atoms with Gasteiger partial charge in [0.05, 0.1) is 24.8 Å². The Morgan fingerprint density at radius 3 is 2.40 bits per heavy atom. The Labute approximate surface area is 210 Å². The van der Waals surface area contributed by atoms with Crippen molar-refractivity contribution in [3.05, 3.63) is 76.5 Å². The topological polar surface area (TPSA) is 53.1 Å². The molecule has 0 saturated carbocycles. The number of thiophene rings is 1. The summed E-state index contributed by atoms with van der Waals surface area (Å²) < 4.78 is 5.54. The zero-order valence-corrected chi connectivity index (χ0v) is 21.0. The summed E-state index contributed by atoms with van der Waals surface area (Å²) in [6.07, 6.45) is 0.961. The Hall–Kier alpha value is -3.32. The first-order valence-electron chi connectivity index (χ1n) is 12.2. The third kappa shape index (κ3) is 4.65. The fourth-order valence-corrected chi connectivity index (χ4v) is 6.12. The number of aryl methyl sites for hydroxylation is 1. The molecule has 2 saturated heterocycles. The number of carbonyl (C=O) groups excluding carboxylic acids is 2. The number of piperazine rings is 1. The molecule has 0 aliphatic carbocycles. The normalized spacial score (nSPS) is 20.7. The SMILES string of the molecule is COc1ccccc1N1CCN(C(=O)C2CCC(=O)N(c3ccc(C)cc3)C2c2cccs2)CC1. The van der Waals surface area contributed by atoms with Crippen LogP contribution in [-0.2, 0) is 9.59 Å². The summed E-state index contributed by atoms with van der Waals surface area (Å²) in [4.78, 5) is 34.3. The van der Waals surface area contributed by atoms with Gasteiger partial charge < -0.3 is 19.4 Å². The number of ether oxygens (including phenoxy) is 1.